The molecule has 0 aliphatic carbocycles. The zero-order valence-corrected chi connectivity index (χ0v) is 12.8. The number of hydrogen-bond donors (Lipinski definition) is 1. The number of thiophene rings is 1. The van der Waals surface area contributed by atoms with E-state index in [2.05, 4.69) is 19.1 Å². The van der Waals surface area contributed by atoms with Crippen LogP contribution in [0.1, 0.15) is 35.9 Å². The van der Waals surface area contributed by atoms with Crippen molar-refractivity contribution >= 4 is 23.2 Å². The Labute approximate surface area is 123 Å². The van der Waals surface area contributed by atoms with Crippen LogP contribution >= 0.6 is 11.3 Å². The summed E-state index contributed by atoms with van der Waals surface area (Å²) >= 11 is 1.77. The molecule has 0 bridgehead atoms. The van der Waals surface area contributed by atoms with E-state index in [0.717, 1.165) is 12.8 Å². The molecule has 0 spiro atoms. The van der Waals surface area contributed by atoms with Gasteiger partial charge in [0.05, 0.1) is 5.41 Å². The van der Waals surface area contributed by atoms with Crippen molar-refractivity contribution in [1.29, 1.82) is 0 Å². The van der Waals surface area contributed by atoms with E-state index in [-0.39, 0.29) is 5.91 Å². The van der Waals surface area contributed by atoms with E-state index in [9.17, 15) is 9.59 Å². The Hall–Kier alpha value is -1.36. The van der Waals surface area contributed by atoms with Gasteiger partial charge in [-0.05, 0) is 45.2 Å². The van der Waals surface area contributed by atoms with Crippen LogP contribution in [0.4, 0.5) is 0 Å². The molecule has 2 rings (SSSR count). The summed E-state index contributed by atoms with van der Waals surface area (Å²) < 4.78 is 0. The van der Waals surface area contributed by atoms with Gasteiger partial charge in [0.1, 0.15) is 0 Å². The van der Waals surface area contributed by atoms with Gasteiger partial charge < -0.3 is 10.0 Å². The summed E-state index contributed by atoms with van der Waals surface area (Å²) in [6.45, 7) is 4.71. The number of likely N-dealkylation sites (tertiary alicyclic amines) is 1. The van der Waals surface area contributed by atoms with Gasteiger partial charge in [0.25, 0.3) is 0 Å². The van der Waals surface area contributed by atoms with Crippen molar-refractivity contribution < 1.29 is 14.7 Å². The molecule has 110 valence electrons. The van der Waals surface area contributed by atoms with E-state index < -0.39 is 11.4 Å². The maximum atomic E-state index is 12.1. The first kappa shape index (κ1) is 15.0. The summed E-state index contributed by atoms with van der Waals surface area (Å²) in [5.74, 6) is -0.717. The Morgan fingerprint density at radius 2 is 2.20 bits per heavy atom. The van der Waals surface area contributed by atoms with E-state index in [4.69, 9.17) is 5.11 Å². The predicted octanol–water partition coefficient (Wildman–Crippen LogP) is 2.70. The highest BCUT2D eigenvalue weighted by atomic mass is 32.1. The molecule has 5 heteroatoms. The zero-order valence-electron chi connectivity index (χ0n) is 12.0. The Kier molecular flexibility index (Phi) is 4.48. The minimum atomic E-state index is -0.804. The maximum absolute atomic E-state index is 12.1. The Bertz CT molecular complexity index is 511. The standard InChI is InChI=1S/C15H21NO3S/c1-11-6-7-12(20-11)4-3-5-13(17)16-9-8-15(2,10-16)14(18)19/h6-7H,3-5,8-10H2,1-2H3,(H,18,19)/t15-/m0/s1. The van der Waals surface area contributed by atoms with E-state index in [1.807, 2.05) is 0 Å². The quantitative estimate of drug-likeness (QED) is 0.908. The summed E-state index contributed by atoms with van der Waals surface area (Å²) in [4.78, 5) is 27.6. The lowest BCUT2D eigenvalue weighted by atomic mass is 9.90. The first-order chi connectivity index (χ1) is 9.40. The molecule has 20 heavy (non-hydrogen) atoms. The van der Waals surface area contributed by atoms with E-state index in [0.29, 0.717) is 25.9 Å². The van der Waals surface area contributed by atoms with Crippen LogP contribution in [0, 0.1) is 12.3 Å². The molecule has 1 N–H and O–H groups in total. The van der Waals surface area contributed by atoms with Gasteiger partial charge in [0.15, 0.2) is 0 Å². The van der Waals surface area contributed by atoms with Crippen molar-refractivity contribution in [3.05, 3.63) is 21.9 Å². The number of hydrogen-bond acceptors (Lipinski definition) is 3. The van der Waals surface area contributed by atoms with Gasteiger partial charge >= 0.3 is 5.97 Å². The highest BCUT2D eigenvalue weighted by molar-refractivity contribution is 7.11. The second-order valence-corrected chi connectivity index (χ2v) is 7.17. The highest BCUT2D eigenvalue weighted by Crippen LogP contribution is 2.30. The summed E-state index contributed by atoms with van der Waals surface area (Å²) in [7, 11) is 0. The predicted molar refractivity (Wildman–Crippen MR) is 78.9 cm³/mol. The van der Waals surface area contributed by atoms with Crippen LogP contribution in [-0.2, 0) is 16.0 Å². The summed E-state index contributed by atoms with van der Waals surface area (Å²) in [5, 5.41) is 9.16. The minimum Gasteiger partial charge on any atom is -0.481 e. The average molecular weight is 295 g/mol. The normalized spacial score (nSPS) is 22.2. The molecule has 0 unspecified atom stereocenters. The van der Waals surface area contributed by atoms with Crippen LogP contribution in [0.3, 0.4) is 0 Å². The van der Waals surface area contributed by atoms with Gasteiger partial charge in [0, 0.05) is 29.3 Å². The third-order valence-electron chi connectivity index (χ3n) is 3.95. The van der Waals surface area contributed by atoms with Crippen LogP contribution in [0.15, 0.2) is 12.1 Å². The molecule has 1 aliphatic rings. The number of carbonyl (C=O) groups excluding carboxylic acids is 1. The molecule has 0 radical (unpaired) electrons. The third kappa shape index (κ3) is 3.39. The van der Waals surface area contributed by atoms with Gasteiger partial charge in [-0.2, -0.15) is 0 Å². The monoisotopic (exact) mass is 295 g/mol. The number of carboxylic acids is 1. The van der Waals surface area contributed by atoms with Crippen molar-refractivity contribution in [2.75, 3.05) is 13.1 Å². The Morgan fingerprint density at radius 1 is 1.45 bits per heavy atom. The molecule has 0 aromatic carbocycles. The van der Waals surface area contributed by atoms with Crippen LogP contribution in [0.25, 0.3) is 0 Å². The number of carboxylic acid groups (broad SMARTS) is 1. The number of nitrogens with zero attached hydrogens (tertiary/aromatic N) is 1. The fraction of sp³-hybridized carbons (Fsp3) is 0.600. The van der Waals surface area contributed by atoms with Crippen LogP contribution < -0.4 is 0 Å². The lowest BCUT2D eigenvalue weighted by Gasteiger charge is -2.20. The van der Waals surface area contributed by atoms with Crippen LogP contribution in [-0.4, -0.2) is 35.0 Å². The van der Waals surface area contributed by atoms with Gasteiger partial charge in [-0.25, -0.2) is 0 Å². The molecule has 4 nitrogen and oxygen atoms in total. The molecule has 1 aromatic heterocycles. The molecule has 1 aromatic rings. The topological polar surface area (TPSA) is 57.6 Å². The van der Waals surface area contributed by atoms with E-state index in [1.54, 1.807) is 23.2 Å². The fourth-order valence-electron chi connectivity index (χ4n) is 2.54. The van der Waals surface area contributed by atoms with Gasteiger partial charge in [0.2, 0.25) is 5.91 Å². The maximum Gasteiger partial charge on any atom is 0.311 e. The second-order valence-electron chi connectivity index (χ2n) is 5.80. The van der Waals surface area contributed by atoms with Crippen LogP contribution in [0.5, 0.6) is 0 Å². The lowest BCUT2D eigenvalue weighted by Crippen LogP contribution is -2.34. The first-order valence-electron chi connectivity index (χ1n) is 6.97. The number of aliphatic carboxylic acids is 1. The average Bonchev–Trinajstić information content (AvgIpc) is 2.97. The molecule has 1 aliphatic heterocycles. The lowest BCUT2D eigenvalue weighted by molar-refractivity contribution is -0.147. The molecule has 2 heterocycles. The van der Waals surface area contributed by atoms with Crippen LogP contribution in [0.2, 0.25) is 0 Å². The molecule has 1 atom stereocenters. The zero-order chi connectivity index (χ0) is 14.8. The molecule has 0 saturated carbocycles. The SMILES string of the molecule is Cc1ccc(CCCC(=O)N2CC[C@](C)(C(=O)O)C2)s1. The van der Waals surface area contributed by atoms with Gasteiger partial charge in [-0.3, -0.25) is 9.59 Å². The largest absolute Gasteiger partial charge is 0.481 e. The Morgan fingerprint density at radius 3 is 2.75 bits per heavy atom. The first-order valence-corrected chi connectivity index (χ1v) is 7.79. The van der Waals surface area contributed by atoms with Crippen molar-refractivity contribution in [2.24, 2.45) is 5.41 Å². The molecular weight excluding hydrogens is 274 g/mol. The Balaban J connectivity index is 1.77. The number of amides is 1. The summed E-state index contributed by atoms with van der Waals surface area (Å²) in [6, 6.07) is 4.21. The highest BCUT2D eigenvalue weighted by Gasteiger charge is 2.41. The van der Waals surface area contributed by atoms with Gasteiger partial charge in [-0.15, -0.1) is 11.3 Å². The van der Waals surface area contributed by atoms with E-state index in [1.165, 1.54) is 9.75 Å². The third-order valence-corrected chi connectivity index (χ3v) is 5.01. The van der Waals surface area contributed by atoms with Crippen molar-refractivity contribution in [3.63, 3.8) is 0 Å². The number of rotatable bonds is 5. The molecule has 1 saturated heterocycles. The number of carbonyl (C=O) groups is 2. The van der Waals surface area contributed by atoms with Crippen molar-refractivity contribution in [2.45, 2.75) is 39.5 Å². The van der Waals surface area contributed by atoms with Crippen molar-refractivity contribution in [1.82, 2.24) is 4.90 Å². The molecular formula is C15H21NO3S. The summed E-state index contributed by atoms with van der Waals surface area (Å²) in [6.07, 6.45) is 2.82. The van der Waals surface area contributed by atoms with Gasteiger partial charge in [-0.1, -0.05) is 0 Å². The summed E-state index contributed by atoms with van der Waals surface area (Å²) in [5.41, 5.74) is -0.763. The minimum absolute atomic E-state index is 0.0863. The molecule has 1 fully saturated rings. The second kappa shape index (κ2) is 5.95. The van der Waals surface area contributed by atoms with E-state index >= 15 is 0 Å². The van der Waals surface area contributed by atoms with Crippen molar-refractivity contribution in [3.8, 4) is 0 Å². The number of aryl methyl sites for hydroxylation is 2. The fourth-order valence-corrected chi connectivity index (χ4v) is 3.47. The molecule has 1 amide bonds. The smallest absolute Gasteiger partial charge is 0.311 e.